The van der Waals surface area contributed by atoms with Gasteiger partial charge in [-0.15, -0.1) is 0 Å². The lowest BCUT2D eigenvalue weighted by Crippen LogP contribution is -2.37. The quantitative estimate of drug-likeness (QED) is 0.452. The molecule has 1 atom stereocenters. The van der Waals surface area contributed by atoms with Gasteiger partial charge in [0.1, 0.15) is 10.4 Å². The third kappa shape index (κ3) is 5.48. The highest BCUT2D eigenvalue weighted by Gasteiger charge is 2.37. The molecule has 11 heteroatoms. The molecule has 1 saturated carbocycles. The zero-order chi connectivity index (χ0) is 22.7. The number of amides is 1. The van der Waals surface area contributed by atoms with Crippen LogP contribution in [-0.2, 0) is 19.4 Å². The molecule has 172 valence electrons. The SMILES string of the molecule is N=Cc1cc(S(=O)(=O)C2CC2)ccc1N[C@H](CC1CCOCC1)C(=O)Nc1ncc(Cl)s1. The van der Waals surface area contributed by atoms with Crippen LogP contribution in [0.4, 0.5) is 10.8 Å². The second-order valence-electron chi connectivity index (χ2n) is 8.08. The summed E-state index contributed by atoms with van der Waals surface area (Å²) in [4.78, 5) is 17.4. The highest BCUT2D eigenvalue weighted by Crippen LogP contribution is 2.35. The molecule has 2 aliphatic rings. The Morgan fingerprint density at radius 2 is 2.06 bits per heavy atom. The Morgan fingerprint density at radius 3 is 2.69 bits per heavy atom. The van der Waals surface area contributed by atoms with Gasteiger partial charge in [0.05, 0.1) is 16.3 Å². The number of carbonyl (C=O) groups is 1. The fraction of sp³-hybridized carbons (Fsp3) is 0.476. The van der Waals surface area contributed by atoms with Crippen molar-refractivity contribution in [3.63, 3.8) is 0 Å². The van der Waals surface area contributed by atoms with Crippen molar-refractivity contribution in [3.8, 4) is 0 Å². The minimum absolute atomic E-state index is 0.215. The molecule has 0 spiro atoms. The van der Waals surface area contributed by atoms with Gasteiger partial charge in [0.2, 0.25) is 5.91 Å². The monoisotopic (exact) mass is 496 g/mol. The van der Waals surface area contributed by atoms with Crippen LogP contribution in [0.15, 0.2) is 29.3 Å². The summed E-state index contributed by atoms with van der Waals surface area (Å²) in [5.74, 6) is 0.0537. The van der Waals surface area contributed by atoms with Crippen molar-refractivity contribution in [2.75, 3.05) is 23.8 Å². The molecule has 0 radical (unpaired) electrons. The van der Waals surface area contributed by atoms with Gasteiger partial charge in [-0.2, -0.15) is 0 Å². The third-order valence-electron chi connectivity index (χ3n) is 5.73. The van der Waals surface area contributed by atoms with E-state index in [0.29, 0.717) is 59.1 Å². The van der Waals surface area contributed by atoms with E-state index >= 15 is 0 Å². The summed E-state index contributed by atoms with van der Waals surface area (Å²) < 4.78 is 31.1. The number of carbonyl (C=O) groups excluding carboxylic acids is 1. The number of aromatic nitrogens is 1. The number of hydrogen-bond acceptors (Lipinski definition) is 8. The second kappa shape index (κ2) is 9.86. The molecular weight excluding hydrogens is 472 g/mol. The normalized spacial score (nSPS) is 18.2. The van der Waals surface area contributed by atoms with Gasteiger partial charge in [0, 0.05) is 30.7 Å². The predicted octanol–water partition coefficient (Wildman–Crippen LogP) is 3.97. The van der Waals surface area contributed by atoms with E-state index < -0.39 is 15.9 Å². The molecule has 1 saturated heterocycles. The lowest BCUT2D eigenvalue weighted by atomic mass is 9.92. The second-order valence-corrected chi connectivity index (χ2v) is 12.0. The molecule has 2 fully saturated rings. The summed E-state index contributed by atoms with van der Waals surface area (Å²) in [7, 11) is -3.36. The van der Waals surface area contributed by atoms with Crippen LogP contribution in [0, 0.1) is 11.3 Å². The van der Waals surface area contributed by atoms with Crippen LogP contribution < -0.4 is 10.6 Å². The number of ether oxygens (including phenoxy) is 1. The first-order valence-electron chi connectivity index (χ1n) is 10.5. The zero-order valence-electron chi connectivity index (χ0n) is 17.3. The number of anilines is 2. The summed E-state index contributed by atoms with van der Waals surface area (Å²) in [6.45, 7) is 1.33. The Bertz CT molecular complexity index is 1090. The molecule has 3 N–H and O–H groups in total. The molecule has 1 aliphatic heterocycles. The van der Waals surface area contributed by atoms with Crippen molar-refractivity contribution in [3.05, 3.63) is 34.3 Å². The highest BCUT2D eigenvalue weighted by molar-refractivity contribution is 7.92. The average Bonchev–Trinajstić information content (AvgIpc) is 3.57. The van der Waals surface area contributed by atoms with Crippen LogP contribution in [-0.4, -0.2) is 50.0 Å². The van der Waals surface area contributed by atoms with E-state index in [0.717, 1.165) is 19.1 Å². The van der Waals surface area contributed by atoms with E-state index in [1.54, 1.807) is 12.1 Å². The Balaban J connectivity index is 1.56. The first-order chi connectivity index (χ1) is 15.4. The number of nitrogens with one attached hydrogen (secondary N) is 3. The molecule has 2 heterocycles. The number of nitrogens with zero attached hydrogens (tertiary/aromatic N) is 1. The lowest BCUT2D eigenvalue weighted by molar-refractivity contribution is -0.117. The molecule has 1 aromatic carbocycles. The first kappa shape index (κ1) is 23.2. The van der Waals surface area contributed by atoms with Gasteiger partial charge in [-0.1, -0.05) is 22.9 Å². The summed E-state index contributed by atoms with van der Waals surface area (Å²) >= 11 is 7.11. The number of hydrogen-bond donors (Lipinski definition) is 3. The minimum Gasteiger partial charge on any atom is -0.381 e. The molecule has 4 rings (SSSR count). The van der Waals surface area contributed by atoms with Crippen molar-refractivity contribution in [1.82, 2.24) is 4.98 Å². The molecule has 0 unspecified atom stereocenters. The molecule has 8 nitrogen and oxygen atoms in total. The third-order valence-corrected chi connectivity index (χ3v) is 9.02. The maximum atomic E-state index is 13.1. The van der Waals surface area contributed by atoms with E-state index in [2.05, 4.69) is 15.6 Å². The van der Waals surface area contributed by atoms with Gasteiger partial charge in [-0.25, -0.2) is 13.4 Å². The standard InChI is InChI=1S/C21H25ClN4O4S2/c22-19-12-24-21(31-19)26-20(27)18(9-13-5-7-30-8-6-13)25-17-4-3-16(10-14(17)11-23)32(28,29)15-1-2-15/h3-4,10-13,15,18,23,25H,1-2,5-9H2,(H,24,26,27)/t18-/m1/s1. The van der Waals surface area contributed by atoms with Crippen molar-refractivity contribution in [2.45, 2.75) is 48.3 Å². The van der Waals surface area contributed by atoms with E-state index in [1.165, 1.54) is 23.6 Å². The van der Waals surface area contributed by atoms with Crippen LogP contribution in [0.2, 0.25) is 4.34 Å². The van der Waals surface area contributed by atoms with E-state index in [-0.39, 0.29) is 16.1 Å². The number of sulfone groups is 1. The maximum Gasteiger partial charge on any atom is 0.248 e. The van der Waals surface area contributed by atoms with Crippen molar-refractivity contribution in [1.29, 1.82) is 5.41 Å². The van der Waals surface area contributed by atoms with E-state index in [9.17, 15) is 13.2 Å². The fourth-order valence-electron chi connectivity index (χ4n) is 3.78. The summed E-state index contributed by atoms with van der Waals surface area (Å²) in [5, 5.41) is 13.9. The van der Waals surface area contributed by atoms with Gasteiger partial charge in [-0.3, -0.25) is 4.79 Å². The van der Waals surface area contributed by atoms with Crippen LogP contribution in [0.3, 0.4) is 0 Å². The Hall–Kier alpha value is -2.01. The summed E-state index contributed by atoms with van der Waals surface area (Å²) in [5.41, 5.74) is 0.966. The van der Waals surface area contributed by atoms with Crippen molar-refractivity contribution < 1.29 is 17.9 Å². The van der Waals surface area contributed by atoms with Gasteiger partial charge in [0.15, 0.2) is 15.0 Å². The summed E-state index contributed by atoms with van der Waals surface area (Å²) in [6.07, 6.45) is 6.25. The van der Waals surface area contributed by atoms with Crippen LogP contribution in [0.25, 0.3) is 0 Å². The molecule has 1 aromatic heterocycles. The smallest absolute Gasteiger partial charge is 0.248 e. The predicted molar refractivity (Wildman–Crippen MR) is 126 cm³/mol. The highest BCUT2D eigenvalue weighted by atomic mass is 35.5. The number of thiazole rings is 1. The largest absolute Gasteiger partial charge is 0.381 e. The van der Waals surface area contributed by atoms with E-state index in [4.69, 9.17) is 21.7 Å². The van der Waals surface area contributed by atoms with Gasteiger partial charge in [0.25, 0.3) is 0 Å². The van der Waals surface area contributed by atoms with Crippen molar-refractivity contribution in [2.24, 2.45) is 5.92 Å². The number of halogens is 1. The average molecular weight is 497 g/mol. The van der Waals surface area contributed by atoms with Crippen molar-refractivity contribution >= 4 is 55.7 Å². The van der Waals surface area contributed by atoms with E-state index in [1.807, 2.05) is 0 Å². The fourth-order valence-corrected chi connectivity index (χ4v) is 6.28. The Kier molecular flexibility index (Phi) is 7.14. The topological polar surface area (TPSA) is 121 Å². The lowest BCUT2D eigenvalue weighted by Gasteiger charge is -2.27. The summed E-state index contributed by atoms with van der Waals surface area (Å²) in [6, 6.07) is 4.10. The Morgan fingerprint density at radius 1 is 1.31 bits per heavy atom. The molecule has 0 bridgehead atoms. The number of rotatable bonds is 9. The molecular formula is C21H25ClN4O4S2. The molecule has 2 aromatic rings. The van der Waals surface area contributed by atoms with Gasteiger partial charge < -0.3 is 20.8 Å². The Labute approximate surface area is 196 Å². The maximum absolute atomic E-state index is 13.1. The molecule has 32 heavy (non-hydrogen) atoms. The van der Waals surface area contributed by atoms with Gasteiger partial charge in [-0.05, 0) is 56.2 Å². The number of benzene rings is 1. The zero-order valence-corrected chi connectivity index (χ0v) is 19.7. The molecule has 1 aliphatic carbocycles. The minimum atomic E-state index is -3.36. The van der Waals surface area contributed by atoms with Crippen LogP contribution in [0.1, 0.15) is 37.7 Å². The molecule has 1 amide bonds. The van der Waals surface area contributed by atoms with Crippen LogP contribution in [0.5, 0.6) is 0 Å². The first-order valence-corrected chi connectivity index (χ1v) is 13.3. The van der Waals surface area contributed by atoms with Gasteiger partial charge >= 0.3 is 0 Å². The van der Waals surface area contributed by atoms with Crippen LogP contribution >= 0.6 is 22.9 Å².